The fourth-order valence-electron chi connectivity index (χ4n) is 0.437. The molecule has 0 bridgehead atoms. The molecule has 0 unspecified atom stereocenters. The topological polar surface area (TPSA) is 46.2 Å². The summed E-state index contributed by atoms with van der Waals surface area (Å²) in [6.45, 7) is 2.97. The lowest BCUT2D eigenvalue weighted by Crippen LogP contribution is -2.36. The van der Waals surface area contributed by atoms with Crippen LogP contribution in [0.15, 0.2) is 11.6 Å². The fourth-order valence-corrected chi connectivity index (χ4v) is 0.904. The first-order chi connectivity index (χ1) is 5.67. The molecule has 0 aromatic carbocycles. The second-order valence-corrected chi connectivity index (χ2v) is 4.34. The normalized spacial score (nSPS) is 12.7. The van der Waals surface area contributed by atoms with Crippen molar-refractivity contribution in [3.63, 3.8) is 0 Å². The van der Waals surface area contributed by atoms with Crippen LogP contribution in [0.5, 0.6) is 0 Å². The van der Waals surface area contributed by atoms with Gasteiger partial charge in [-0.15, -0.1) is 0 Å². The molecule has 0 heterocycles. The number of rotatable bonds is 3. The summed E-state index contributed by atoms with van der Waals surface area (Å²) >= 11 is 0. The summed E-state index contributed by atoms with van der Waals surface area (Å²) in [5.74, 6) is 0. The van der Waals surface area contributed by atoms with E-state index in [9.17, 15) is 21.6 Å². The van der Waals surface area contributed by atoms with Gasteiger partial charge in [-0.05, 0) is 13.8 Å². The molecule has 7 heteroatoms. The van der Waals surface area contributed by atoms with E-state index < -0.39 is 15.5 Å². The fraction of sp³-hybridized carbons (Fsp3) is 0.667. The van der Waals surface area contributed by atoms with Gasteiger partial charge in [-0.1, -0.05) is 11.6 Å². The quantitative estimate of drug-likeness (QED) is 0.726. The Kier molecular flexibility index (Phi) is 3.92. The second kappa shape index (κ2) is 4.10. The van der Waals surface area contributed by atoms with Crippen molar-refractivity contribution in [3.05, 3.63) is 11.6 Å². The summed E-state index contributed by atoms with van der Waals surface area (Å²) in [5, 5.41) is 0. The molecule has 0 saturated carbocycles. The van der Waals surface area contributed by atoms with Crippen LogP contribution >= 0.6 is 0 Å². The molecule has 78 valence electrons. The minimum Gasteiger partial charge on any atom is -0.204 e. The first-order valence-corrected chi connectivity index (χ1v) is 4.84. The van der Waals surface area contributed by atoms with E-state index in [1.165, 1.54) is 10.8 Å². The van der Waals surface area contributed by atoms with Gasteiger partial charge in [-0.25, -0.2) is 13.1 Å². The summed E-state index contributed by atoms with van der Waals surface area (Å²) in [6, 6.07) is 0. The Labute approximate surface area is 74.7 Å². The maximum absolute atomic E-state index is 11.7. The van der Waals surface area contributed by atoms with E-state index in [0.29, 0.717) is 0 Å². The highest BCUT2D eigenvalue weighted by atomic mass is 32.2. The molecule has 0 atom stereocenters. The van der Waals surface area contributed by atoms with Crippen molar-refractivity contribution in [2.75, 3.05) is 6.54 Å². The maximum atomic E-state index is 11.7. The zero-order chi connectivity index (χ0) is 10.7. The summed E-state index contributed by atoms with van der Waals surface area (Å²) in [5.41, 5.74) is -4.49. The lowest BCUT2D eigenvalue weighted by Gasteiger charge is -2.07. The minimum atomic E-state index is -5.23. The van der Waals surface area contributed by atoms with Crippen molar-refractivity contribution < 1.29 is 21.6 Å². The van der Waals surface area contributed by atoms with Crippen LogP contribution in [0.2, 0.25) is 0 Å². The Morgan fingerprint density at radius 3 is 2.15 bits per heavy atom. The molecule has 0 aromatic heterocycles. The van der Waals surface area contributed by atoms with Crippen LogP contribution in [0, 0.1) is 0 Å². The molecule has 0 aromatic rings. The van der Waals surface area contributed by atoms with E-state index in [2.05, 4.69) is 0 Å². The average molecular weight is 217 g/mol. The monoisotopic (exact) mass is 217 g/mol. The molecule has 0 aliphatic carbocycles. The van der Waals surface area contributed by atoms with Crippen molar-refractivity contribution in [2.24, 2.45) is 0 Å². The molecule has 0 fully saturated rings. The Balaban J connectivity index is 4.31. The van der Waals surface area contributed by atoms with Crippen LogP contribution in [0.1, 0.15) is 13.8 Å². The van der Waals surface area contributed by atoms with Crippen molar-refractivity contribution in [3.8, 4) is 0 Å². The van der Waals surface area contributed by atoms with Crippen LogP contribution in [-0.2, 0) is 10.0 Å². The minimum absolute atomic E-state index is 0.343. The van der Waals surface area contributed by atoms with Crippen LogP contribution in [-0.4, -0.2) is 20.5 Å². The highest BCUT2D eigenvalue weighted by molar-refractivity contribution is 7.90. The van der Waals surface area contributed by atoms with Crippen LogP contribution in [0.3, 0.4) is 0 Å². The maximum Gasteiger partial charge on any atom is 0.511 e. The predicted molar refractivity (Wildman–Crippen MR) is 42.4 cm³/mol. The van der Waals surface area contributed by atoms with Gasteiger partial charge >= 0.3 is 15.5 Å². The van der Waals surface area contributed by atoms with Gasteiger partial charge in [-0.2, -0.15) is 13.2 Å². The number of sulfonamides is 1. The van der Waals surface area contributed by atoms with Gasteiger partial charge in [-0.3, -0.25) is 0 Å². The molecule has 1 N–H and O–H groups in total. The van der Waals surface area contributed by atoms with Gasteiger partial charge in [0.2, 0.25) is 0 Å². The third-order valence-electron chi connectivity index (χ3n) is 1.09. The lowest BCUT2D eigenvalue weighted by molar-refractivity contribution is -0.0446. The second-order valence-electron chi connectivity index (χ2n) is 2.58. The van der Waals surface area contributed by atoms with E-state index >= 15 is 0 Å². The molecule has 0 aliphatic rings. The van der Waals surface area contributed by atoms with Crippen LogP contribution in [0.4, 0.5) is 13.2 Å². The number of alkyl halides is 3. The smallest absolute Gasteiger partial charge is 0.204 e. The number of hydrogen-bond donors (Lipinski definition) is 1. The predicted octanol–water partition coefficient (Wildman–Crippen LogP) is 1.39. The molecule has 0 amide bonds. The molecular weight excluding hydrogens is 207 g/mol. The van der Waals surface area contributed by atoms with E-state index in [1.54, 1.807) is 13.8 Å². The van der Waals surface area contributed by atoms with Crippen LogP contribution < -0.4 is 4.72 Å². The molecule has 0 rings (SSSR count). The number of allylic oxidation sites excluding steroid dienone is 1. The first kappa shape index (κ1) is 12.4. The van der Waals surface area contributed by atoms with Crippen LogP contribution in [0.25, 0.3) is 0 Å². The molecule has 0 aliphatic heterocycles. The summed E-state index contributed by atoms with van der Waals surface area (Å²) in [4.78, 5) is 0. The van der Waals surface area contributed by atoms with Gasteiger partial charge in [0.15, 0.2) is 0 Å². The van der Waals surface area contributed by atoms with Crippen molar-refractivity contribution in [1.29, 1.82) is 0 Å². The molecular formula is C6H10F3NO2S. The van der Waals surface area contributed by atoms with Crippen molar-refractivity contribution in [2.45, 2.75) is 19.4 Å². The average Bonchev–Trinajstić information content (AvgIpc) is 1.82. The van der Waals surface area contributed by atoms with Gasteiger partial charge in [0, 0.05) is 6.54 Å². The standard InChI is InChI=1S/C6H10F3NO2S/c1-5(2)3-4-10-13(11,12)6(7,8)9/h3,10H,4H2,1-2H3. The SMILES string of the molecule is CC(C)=CCNS(=O)(=O)C(F)(F)F. The largest absolute Gasteiger partial charge is 0.511 e. The van der Waals surface area contributed by atoms with E-state index in [1.807, 2.05) is 0 Å². The molecule has 0 spiro atoms. The Bertz CT molecular complexity index is 287. The molecule has 0 radical (unpaired) electrons. The third kappa shape index (κ3) is 4.28. The van der Waals surface area contributed by atoms with Gasteiger partial charge in [0.05, 0.1) is 0 Å². The van der Waals surface area contributed by atoms with E-state index in [4.69, 9.17) is 0 Å². The van der Waals surface area contributed by atoms with Crippen molar-refractivity contribution in [1.82, 2.24) is 4.72 Å². The summed E-state index contributed by atoms with van der Waals surface area (Å²) < 4.78 is 57.2. The number of halogens is 3. The molecule has 0 saturated heterocycles. The highest BCUT2D eigenvalue weighted by Gasteiger charge is 2.45. The number of hydrogen-bond acceptors (Lipinski definition) is 2. The lowest BCUT2D eigenvalue weighted by atomic mass is 10.3. The zero-order valence-corrected chi connectivity index (χ0v) is 7.96. The third-order valence-corrected chi connectivity index (χ3v) is 2.24. The summed E-state index contributed by atoms with van der Waals surface area (Å²) in [7, 11) is -5.19. The molecule has 13 heavy (non-hydrogen) atoms. The van der Waals surface area contributed by atoms with Gasteiger partial charge < -0.3 is 0 Å². The molecule has 3 nitrogen and oxygen atoms in total. The van der Waals surface area contributed by atoms with Gasteiger partial charge in [0.25, 0.3) is 0 Å². The van der Waals surface area contributed by atoms with E-state index in [0.717, 1.165) is 5.57 Å². The highest BCUT2D eigenvalue weighted by Crippen LogP contribution is 2.21. The Hall–Kier alpha value is -0.560. The zero-order valence-electron chi connectivity index (χ0n) is 7.14. The summed E-state index contributed by atoms with van der Waals surface area (Å²) in [6.07, 6.45) is 1.35. The first-order valence-electron chi connectivity index (χ1n) is 3.36. The van der Waals surface area contributed by atoms with E-state index in [-0.39, 0.29) is 6.54 Å². The Morgan fingerprint density at radius 2 is 1.85 bits per heavy atom. The van der Waals surface area contributed by atoms with Gasteiger partial charge in [0.1, 0.15) is 0 Å². The Morgan fingerprint density at radius 1 is 1.38 bits per heavy atom. The van der Waals surface area contributed by atoms with Crippen molar-refractivity contribution >= 4 is 10.0 Å². The number of nitrogens with one attached hydrogen (secondary N) is 1.